The molecular formula is C9H17N3O2. The van der Waals surface area contributed by atoms with Crippen LogP contribution in [0.4, 0.5) is 5.69 Å². The first kappa shape index (κ1) is 10.8. The third-order valence-corrected chi connectivity index (χ3v) is 1.97. The van der Waals surface area contributed by atoms with Gasteiger partial charge in [0.1, 0.15) is 12.3 Å². The lowest BCUT2D eigenvalue weighted by atomic mass is 10.3. The lowest BCUT2D eigenvalue weighted by Gasteiger charge is -2.05. The summed E-state index contributed by atoms with van der Waals surface area (Å²) in [6, 6.07) is 0. The van der Waals surface area contributed by atoms with Crippen LogP contribution in [0.1, 0.15) is 12.6 Å². The Morgan fingerprint density at radius 2 is 2.14 bits per heavy atom. The highest BCUT2D eigenvalue weighted by Gasteiger charge is 2.12. The molecule has 80 valence electrons. The van der Waals surface area contributed by atoms with Gasteiger partial charge in [-0.05, 0) is 6.42 Å². The summed E-state index contributed by atoms with van der Waals surface area (Å²) in [4.78, 5) is 0. The van der Waals surface area contributed by atoms with E-state index in [1.165, 1.54) is 0 Å². The summed E-state index contributed by atoms with van der Waals surface area (Å²) in [5, 5.41) is 4.23. The summed E-state index contributed by atoms with van der Waals surface area (Å²) in [6.45, 7) is 3.05. The number of hydrogen-bond acceptors (Lipinski definition) is 4. The zero-order valence-electron chi connectivity index (χ0n) is 8.91. The van der Waals surface area contributed by atoms with Crippen molar-refractivity contribution in [1.29, 1.82) is 0 Å². The second-order valence-corrected chi connectivity index (χ2v) is 2.98. The summed E-state index contributed by atoms with van der Waals surface area (Å²) >= 11 is 0. The summed E-state index contributed by atoms with van der Waals surface area (Å²) in [6.07, 6.45) is 0.813. The van der Waals surface area contributed by atoms with Gasteiger partial charge in [0.25, 0.3) is 0 Å². The Morgan fingerprint density at radius 1 is 1.43 bits per heavy atom. The van der Waals surface area contributed by atoms with Crippen molar-refractivity contribution in [2.45, 2.75) is 13.3 Å². The molecule has 2 N–H and O–H groups in total. The smallest absolute Gasteiger partial charge is 0.235 e. The van der Waals surface area contributed by atoms with Gasteiger partial charge in [0.15, 0.2) is 0 Å². The fraction of sp³-hybridized carbons (Fsp3) is 0.667. The molecule has 0 aliphatic heterocycles. The highest BCUT2D eigenvalue weighted by molar-refractivity contribution is 5.53. The predicted molar refractivity (Wildman–Crippen MR) is 54.4 cm³/mol. The number of ether oxygens (including phenoxy) is 2. The molecule has 0 fully saturated rings. The van der Waals surface area contributed by atoms with Crippen molar-refractivity contribution in [2.75, 3.05) is 26.1 Å². The molecule has 0 spiro atoms. The summed E-state index contributed by atoms with van der Waals surface area (Å²) in [5.41, 5.74) is 7.35. The second kappa shape index (κ2) is 4.85. The monoisotopic (exact) mass is 199 g/mol. The molecule has 0 aromatic carbocycles. The molecular weight excluding hydrogens is 182 g/mol. The Bertz CT molecular complexity index is 296. The Hall–Kier alpha value is -1.23. The maximum absolute atomic E-state index is 5.85. The van der Waals surface area contributed by atoms with Crippen molar-refractivity contribution in [3.05, 3.63) is 5.69 Å². The zero-order chi connectivity index (χ0) is 10.6. The highest BCUT2D eigenvalue weighted by Crippen LogP contribution is 2.24. The zero-order valence-corrected chi connectivity index (χ0v) is 8.91. The Morgan fingerprint density at radius 3 is 2.64 bits per heavy atom. The lowest BCUT2D eigenvalue weighted by molar-refractivity contribution is 0.141. The van der Waals surface area contributed by atoms with Crippen LogP contribution in [0.2, 0.25) is 0 Å². The molecule has 0 aliphatic carbocycles. The van der Waals surface area contributed by atoms with E-state index in [2.05, 4.69) is 5.10 Å². The van der Waals surface area contributed by atoms with Gasteiger partial charge >= 0.3 is 0 Å². The maximum Gasteiger partial charge on any atom is 0.235 e. The quantitative estimate of drug-likeness (QED) is 0.705. The van der Waals surface area contributed by atoms with Gasteiger partial charge in [-0.1, -0.05) is 6.92 Å². The number of nitrogens with zero attached hydrogens (tertiary/aromatic N) is 2. The summed E-state index contributed by atoms with van der Waals surface area (Å²) in [5.74, 6) is 0.624. The standard InChI is InChI=1S/C9H17N3O2/c1-4-7-8(10)9(12(2)11-7)14-6-5-13-3/h4-6,10H2,1-3H3. The van der Waals surface area contributed by atoms with Crippen LogP contribution in [-0.4, -0.2) is 30.1 Å². The molecule has 0 bridgehead atoms. The number of anilines is 1. The minimum atomic E-state index is 0.489. The fourth-order valence-electron chi connectivity index (χ4n) is 1.23. The van der Waals surface area contributed by atoms with Gasteiger partial charge in [0.05, 0.1) is 12.3 Å². The lowest BCUT2D eigenvalue weighted by Crippen LogP contribution is -2.08. The predicted octanol–water partition coefficient (Wildman–Crippen LogP) is 0.590. The number of hydrogen-bond donors (Lipinski definition) is 1. The van der Waals surface area contributed by atoms with Gasteiger partial charge in [-0.25, -0.2) is 4.68 Å². The molecule has 0 saturated carbocycles. The van der Waals surface area contributed by atoms with Gasteiger partial charge in [0.2, 0.25) is 5.88 Å². The molecule has 14 heavy (non-hydrogen) atoms. The average Bonchev–Trinajstić information content (AvgIpc) is 2.45. The molecule has 1 aromatic rings. The van der Waals surface area contributed by atoms with Crippen LogP contribution < -0.4 is 10.5 Å². The van der Waals surface area contributed by atoms with Crippen molar-refractivity contribution < 1.29 is 9.47 Å². The molecule has 1 aromatic heterocycles. The van der Waals surface area contributed by atoms with Crippen LogP contribution in [0.15, 0.2) is 0 Å². The number of rotatable bonds is 5. The molecule has 1 heterocycles. The maximum atomic E-state index is 5.85. The molecule has 0 amide bonds. The Kier molecular flexibility index (Phi) is 3.76. The third-order valence-electron chi connectivity index (χ3n) is 1.97. The molecule has 5 nitrogen and oxygen atoms in total. The molecule has 1 rings (SSSR count). The van der Waals surface area contributed by atoms with E-state index in [0.29, 0.717) is 24.8 Å². The van der Waals surface area contributed by atoms with Gasteiger partial charge < -0.3 is 15.2 Å². The van der Waals surface area contributed by atoms with Crippen LogP contribution in [0.3, 0.4) is 0 Å². The first-order valence-electron chi connectivity index (χ1n) is 4.63. The van der Waals surface area contributed by atoms with Crippen molar-refractivity contribution in [1.82, 2.24) is 9.78 Å². The van der Waals surface area contributed by atoms with Crippen LogP contribution in [0.25, 0.3) is 0 Å². The van der Waals surface area contributed by atoms with Crippen LogP contribution in [0.5, 0.6) is 5.88 Å². The first-order chi connectivity index (χ1) is 6.70. The normalized spacial score (nSPS) is 10.5. The molecule has 0 atom stereocenters. The van der Waals surface area contributed by atoms with Gasteiger partial charge in [-0.3, -0.25) is 0 Å². The van der Waals surface area contributed by atoms with Crippen LogP contribution >= 0.6 is 0 Å². The van der Waals surface area contributed by atoms with E-state index in [4.69, 9.17) is 15.2 Å². The SMILES string of the molecule is CCc1nn(C)c(OCCOC)c1N. The van der Waals surface area contributed by atoms with E-state index in [1.54, 1.807) is 11.8 Å². The van der Waals surface area contributed by atoms with Gasteiger partial charge in [-0.15, -0.1) is 0 Å². The van der Waals surface area contributed by atoms with E-state index < -0.39 is 0 Å². The average molecular weight is 199 g/mol. The minimum Gasteiger partial charge on any atom is -0.474 e. The van der Waals surface area contributed by atoms with Gasteiger partial charge in [0, 0.05) is 14.2 Å². The topological polar surface area (TPSA) is 62.3 Å². The van der Waals surface area contributed by atoms with Crippen molar-refractivity contribution >= 4 is 5.69 Å². The van der Waals surface area contributed by atoms with E-state index in [9.17, 15) is 0 Å². The molecule has 0 radical (unpaired) electrons. The second-order valence-electron chi connectivity index (χ2n) is 2.98. The number of methoxy groups -OCH3 is 1. The van der Waals surface area contributed by atoms with Crippen molar-refractivity contribution in [3.63, 3.8) is 0 Å². The van der Waals surface area contributed by atoms with E-state index in [0.717, 1.165) is 12.1 Å². The first-order valence-corrected chi connectivity index (χ1v) is 4.63. The van der Waals surface area contributed by atoms with E-state index in [1.807, 2.05) is 14.0 Å². The number of nitrogens with two attached hydrogens (primary N) is 1. The third kappa shape index (κ3) is 2.17. The number of nitrogen functional groups attached to an aromatic ring is 1. The fourth-order valence-corrected chi connectivity index (χ4v) is 1.23. The summed E-state index contributed by atoms with van der Waals surface area (Å²) in [7, 11) is 3.45. The highest BCUT2D eigenvalue weighted by atomic mass is 16.5. The van der Waals surface area contributed by atoms with E-state index in [-0.39, 0.29) is 0 Å². The summed E-state index contributed by atoms with van der Waals surface area (Å²) < 4.78 is 12.0. The molecule has 0 unspecified atom stereocenters. The van der Waals surface area contributed by atoms with Crippen molar-refractivity contribution in [2.24, 2.45) is 7.05 Å². The molecule has 0 saturated heterocycles. The Labute approximate surface area is 83.8 Å². The molecule has 0 aliphatic rings. The van der Waals surface area contributed by atoms with Crippen LogP contribution in [0, 0.1) is 0 Å². The number of aromatic nitrogens is 2. The minimum absolute atomic E-state index is 0.489. The van der Waals surface area contributed by atoms with Gasteiger partial charge in [-0.2, -0.15) is 5.10 Å². The largest absolute Gasteiger partial charge is 0.474 e. The van der Waals surface area contributed by atoms with Crippen molar-refractivity contribution in [3.8, 4) is 5.88 Å². The van der Waals surface area contributed by atoms with E-state index >= 15 is 0 Å². The molecule has 5 heteroatoms. The number of aryl methyl sites for hydroxylation is 2. The Balaban J connectivity index is 2.70. The van der Waals surface area contributed by atoms with Crippen LogP contribution in [-0.2, 0) is 18.2 Å².